The van der Waals surface area contributed by atoms with Gasteiger partial charge in [-0.3, -0.25) is 9.36 Å². The number of hydrogen-bond donors (Lipinski definition) is 1. The Hall–Kier alpha value is -0.380. The van der Waals surface area contributed by atoms with E-state index in [0.717, 1.165) is 0 Å². The maximum Gasteiger partial charge on any atom is 0.347 e. The molecule has 14 heavy (non-hydrogen) atoms. The van der Waals surface area contributed by atoms with Crippen LogP contribution < -0.4 is 0 Å². The van der Waals surface area contributed by atoms with E-state index in [1.807, 2.05) is 0 Å². The first-order valence-electron chi connectivity index (χ1n) is 4.65. The Balaban J connectivity index is 2.87. The third-order valence-electron chi connectivity index (χ3n) is 2.24. The van der Waals surface area contributed by atoms with Crippen LogP contribution in [0, 0.1) is 0 Å². The van der Waals surface area contributed by atoms with E-state index in [9.17, 15) is 9.36 Å². The molecule has 1 rings (SSSR count). The molecule has 1 fully saturated rings. The van der Waals surface area contributed by atoms with Crippen molar-refractivity contribution in [3.63, 3.8) is 0 Å². The third-order valence-corrected chi connectivity index (χ3v) is 5.13. The van der Waals surface area contributed by atoms with Crippen molar-refractivity contribution in [3.05, 3.63) is 0 Å². The fourth-order valence-electron chi connectivity index (χ4n) is 1.35. The molecule has 1 aliphatic carbocycles. The number of hydrogen-bond acceptors (Lipinski definition) is 4. The van der Waals surface area contributed by atoms with Crippen molar-refractivity contribution in [3.8, 4) is 0 Å². The lowest BCUT2D eigenvalue weighted by atomic mass is 10.4. The van der Waals surface area contributed by atoms with Crippen LogP contribution in [-0.4, -0.2) is 29.4 Å². The van der Waals surface area contributed by atoms with Crippen molar-refractivity contribution in [2.45, 2.75) is 31.8 Å². The second-order valence-electron chi connectivity index (χ2n) is 3.17. The summed E-state index contributed by atoms with van der Waals surface area (Å²) in [6, 6.07) is 0. The van der Waals surface area contributed by atoms with E-state index in [1.165, 1.54) is 0 Å². The number of aliphatic carboxylic acids is 1. The van der Waals surface area contributed by atoms with Crippen LogP contribution in [0.4, 0.5) is 0 Å². The van der Waals surface area contributed by atoms with E-state index in [-0.39, 0.29) is 13.2 Å². The average molecular weight is 222 g/mol. The molecule has 6 heteroatoms. The highest BCUT2D eigenvalue weighted by atomic mass is 31.2. The molecule has 1 aliphatic rings. The molecule has 0 heterocycles. The van der Waals surface area contributed by atoms with Crippen molar-refractivity contribution in [2.75, 3.05) is 13.2 Å². The molecule has 0 spiro atoms. The monoisotopic (exact) mass is 222 g/mol. The Morgan fingerprint density at radius 3 is 2.00 bits per heavy atom. The van der Waals surface area contributed by atoms with Gasteiger partial charge in [-0.1, -0.05) is 0 Å². The average Bonchev–Trinajstić information content (AvgIpc) is 2.84. The zero-order valence-corrected chi connectivity index (χ0v) is 9.25. The molecule has 5 nitrogen and oxygen atoms in total. The lowest BCUT2D eigenvalue weighted by Gasteiger charge is -2.22. The summed E-state index contributed by atoms with van der Waals surface area (Å²) in [5, 5.41) is 7.70. The van der Waals surface area contributed by atoms with Gasteiger partial charge in [0.2, 0.25) is 0 Å². The predicted octanol–water partition coefficient (Wildman–Crippen LogP) is 1.87. The van der Waals surface area contributed by atoms with Gasteiger partial charge >= 0.3 is 13.6 Å². The Labute approximate surface area is 82.9 Å². The molecule has 1 N–H and O–H groups in total. The Morgan fingerprint density at radius 1 is 1.36 bits per heavy atom. The van der Waals surface area contributed by atoms with Crippen molar-refractivity contribution in [1.29, 1.82) is 0 Å². The molecular weight excluding hydrogens is 207 g/mol. The molecule has 0 aromatic heterocycles. The van der Waals surface area contributed by atoms with Crippen LogP contribution in [0.3, 0.4) is 0 Å². The van der Waals surface area contributed by atoms with Gasteiger partial charge in [0.05, 0.1) is 13.2 Å². The van der Waals surface area contributed by atoms with Gasteiger partial charge in [-0.2, -0.15) is 0 Å². The first kappa shape index (κ1) is 11.7. The van der Waals surface area contributed by atoms with Crippen LogP contribution in [0.25, 0.3) is 0 Å². The summed E-state index contributed by atoms with van der Waals surface area (Å²) in [5.41, 5.74) is 0. The highest BCUT2D eigenvalue weighted by Gasteiger charge is 2.66. The van der Waals surface area contributed by atoms with Gasteiger partial charge < -0.3 is 14.2 Å². The minimum Gasteiger partial charge on any atom is -0.480 e. The highest BCUT2D eigenvalue weighted by molar-refractivity contribution is 7.57. The smallest absolute Gasteiger partial charge is 0.347 e. The molecule has 1 saturated carbocycles. The Kier molecular flexibility index (Phi) is 3.35. The lowest BCUT2D eigenvalue weighted by Crippen LogP contribution is -2.24. The molecule has 0 aliphatic heterocycles. The molecule has 0 unspecified atom stereocenters. The number of carboxylic acid groups (broad SMARTS) is 1. The van der Waals surface area contributed by atoms with Gasteiger partial charge in [0.1, 0.15) is 0 Å². The molecule has 0 aromatic carbocycles. The minimum absolute atomic E-state index is 0.201. The molecule has 0 bridgehead atoms. The normalized spacial score (nSPS) is 19.3. The molecular formula is C8H15O5P. The van der Waals surface area contributed by atoms with Crippen LogP contribution >= 0.6 is 7.60 Å². The summed E-state index contributed by atoms with van der Waals surface area (Å²) in [4.78, 5) is 10.9. The molecule has 0 saturated heterocycles. The quantitative estimate of drug-likeness (QED) is 0.694. The van der Waals surface area contributed by atoms with Gasteiger partial charge in [-0.05, 0) is 26.7 Å². The Bertz CT molecular complexity index is 261. The molecule has 0 aromatic rings. The number of carbonyl (C=O) groups is 1. The van der Waals surface area contributed by atoms with Crippen molar-refractivity contribution >= 4 is 13.6 Å². The largest absolute Gasteiger partial charge is 0.480 e. The first-order valence-corrected chi connectivity index (χ1v) is 6.19. The SMILES string of the molecule is CCOP(=O)(OCC)C1(C(=O)O)CC1. The van der Waals surface area contributed by atoms with Crippen LogP contribution in [0.5, 0.6) is 0 Å². The predicted molar refractivity (Wildman–Crippen MR) is 50.5 cm³/mol. The Morgan fingerprint density at radius 2 is 1.79 bits per heavy atom. The van der Waals surface area contributed by atoms with Crippen LogP contribution in [0.2, 0.25) is 0 Å². The van der Waals surface area contributed by atoms with Crippen LogP contribution in [0.15, 0.2) is 0 Å². The third kappa shape index (κ3) is 1.72. The van der Waals surface area contributed by atoms with Crippen molar-refractivity contribution < 1.29 is 23.5 Å². The first-order chi connectivity index (χ1) is 6.52. The maximum atomic E-state index is 12.1. The van der Waals surface area contributed by atoms with Crippen molar-refractivity contribution in [1.82, 2.24) is 0 Å². The van der Waals surface area contributed by atoms with Gasteiger partial charge in [-0.25, -0.2) is 0 Å². The fraction of sp³-hybridized carbons (Fsp3) is 0.875. The summed E-state index contributed by atoms with van der Waals surface area (Å²) in [5.74, 6) is -1.08. The molecule has 0 atom stereocenters. The van der Waals surface area contributed by atoms with E-state index in [2.05, 4.69) is 0 Å². The van der Waals surface area contributed by atoms with E-state index in [1.54, 1.807) is 13.8 Å². The van der Waals surface area contributed by atoms with Gasteiger partial charge in [0.25, 0.3) is 0 Å². The fourth-order valence-corrected chi connectivity index (χ4v) is 3.49. The van der Waals surface area contributed by atoms with E-state index in [4.69, 9.17) is 14.2 Å². The van der Waals surface area contributed by atoms with Crippen LogP contribution in [-0.2, 0) is 18.4 Å². The van der Waals surface area contributed by atoms with E-state index in [0.29, 0.717) is 12.8 Å². The van der Waals surface area contributed by atoms with E-state index >= 15 is 0 Å². The molecule has 0 radical (unpaired) electrons. The molecule has 0 amide bonds. The zero-order valence-electron chi connectivity index (χ0n) is 8.36. The summed E-state index contributed by atoms with van der Waals surface area (Å²) < 4.78 is 22.1. The minimum atomic E-state index is -3.47. The topological polar surface area (TPSA) is 72.8 Å². The number of carboxylic acids is 1. The highest BCUT2D eigenvalue weighted by Crippen LogP contribution is 2.71. The lowest BCUT2D eigenvalue weighted by molar-refractivity contribution is -0.137. The molecule has 82 valence electrons. The summed E-state index contributed by atoms with van der Waals surface area (Å²) in [6.45, 7) is 3.74. The van der Waals surface area contributed by atoms with E-state index < -0.39 is 18.7 Å². The summed E-state index contributed by atoms with van der Waals surface area (Å²) in [7, 11) is -3.47. The van der Waals surface area contributed by atoms with Gasteiger partial charge in [0.15, 0.2) is 5.16 Å². The zero-order chi connectivity index (χ0) is 10.8. The second-order valence-corrected chi connectivity index (χ2v) is 5.54. The van der Waals surface area contributed by atoms with Gasteiger partial charge in [0, 0.05) is 0 Å². The van der Waals surface area contributed by atoms with Crippen LogP contribution in [0.1, 0.15) is 26.7 Å². The maximum absolute atomic E-state index is 12.1. The summed E-state index contributed by atoms with van der Waals surface area (Å²) >= 11 is 0. The van der Waals surface area contributed by atoms with Gasteiger partial charge in [-0.15, -0.1) is 0 Å². The van der Waals surface area contributed by atoms with Crippen molar-refractivity contribution in [2.24, 2.45) is 0 Å². The second kappa shape index (κ2) is 4.01. The standard InChI is InChI=1S/C8H15O5P/c1-3-12-14(11,13-4-2)8(5-6-8)7(9)10/h3-6H2,1-2H3,(H,9,10). The number of rotatable bonds is 6. The summed E-state index contributed by atoms with van der Waals surface area (Å²) in [6.07, 6.45) is 0.749.